The number of ether oxygens (including phenoxy) is 1. The van der Waals surface area contributed by atoms with E-state index in [9.17, 15) is 18.0 Å². The van der Waals surface area contributed by atoms with E-state index < -0.39 is 11.7 Å². The molecule has 27 heavy (non-hydrogen) atoms. The Kier molecular flexibility index (Phi) is 4.65. The number of carbonyl (C=O) groups excluding carboxylic acids is 1. The first kappa shape index (κ1) is 18.0. The van der Waals surface area contributed by atoms with E-state index in [0.717, 1.165) is 30.7 Å². The number of fused-ring (bicyclic) bond motifs is 2. The fraction of sp³-hybridized carbons (Fsp3) is 0.350. The molecule has 142 valence electrons. The minimum absolute atomic E-state index is 0.0213. The molecule has 2 aromatic rings. The normalized spacial score (nSPS) is 24.2. The van der Waals surface area contributed by atoms with Crippen LogP contribution in [-0.4, -0.2) is 24.6 Å². The minimum Gasteiger partial charge on any atom is -0.367 e. The van der Waals surface area contributed by atoms with Gasteiger partial charge in [0.1, 0.15) is 0 Å². The van der Waals surface area contributed by atoms with Crippen molar-refractivity contribution in [1.82, 2.24) is 10.6 Å². The Morgan fingerprint density at radius 1 is 1.11 bits per heavy atom. The molecule has 0 unspecified atom stereocenters. The largest absolute Gasteiger partial charge is 0.416 e. The van der Waals surface area contributed by atoms with Crippen molar-refractivity contribution in [2.75, 3.05) is 6.54 Å². The molecule has 3 atom stereocenters. The van der Waals surface area contributed by atoms with E-state index in [2.05, 4.69) is 10.6 Å². The maximum Gasteiger partial charge on any atom is 0.416 e. The molecule has 1 amide bonds. The van der Waals surface area contributed by atoms with Crippen LogP contribution in [0.4, 0.5) is 13.2 Å². The summed E-state index contributed by atoms with van der Waals surface area (Å²) in [5.74, 6) is -0.270. The van der Waals surface area contributed by atoms with Crippen molar-refractivity contribution in [2.24, 2.45) is 0 Å². The Morgan fingerprint density at radius 2 is 1.81 bits per heavy atom. The highest BCUT2D eigenvalue weighted by atomic mass is 19.4. The van der Waals surface area contributed by atoms with Gasteiger partial charge in [0, 0.05) is 24.7 Å². The van der Waals surface area contributed by atoms with E-state index in [1.807, 2.05) is 12.1 Å². The van der Waals surface area contributed by atoms with E-state index in [0.29, 0.717) is 17.2 Å². The monoisotopic (exact) mass is 376 g/mol. The third kappa shape index (κ3) is 3.84. The van der Waals surface area contributed by atoms with Gasteiger partial charge in [0.15, 0.2) is 0 Å². The van der Waals surface area contributed by atoms with E-state index >= 15 is 0 Å². The zero-order valence-electron chi connectivity index (χ0n) is 14.4. The molecule has 2 aromatic carbocycles. The number of amides is 1. The average Bonchev–Trinajstić information content (AvgIpc) is 3.29. The van der Waals surface area contributed by atoms with Crippen LogP contribution in [-0.2, 0) is 17.5 Å². The molecular formula is C20H19F3N2O2. The first-order valence-corrected chi connectivity index (χ1v) is 8.83. The van der Waals surface area contributed by atoms with Crippen molar-refractivity contribution in [3.8, 4) is 0 Å². The second-order valence-corrected chi connectivity index (χ2v) is 6.93. The van der Waals surface area contributed by atoms with Gasteiger partial charge in [0.2, 0.25) is 0 Å². The Balaban J connectivity index is 1.34. The summed E-state index contributed by atoms with van der Waals surface area (Å²) >= 11 is 0. The summed E-state index contributed by atoms with van der Waals surface area (Å²) < 4.78 is 43.6. The van der Waals surface area contributed by atoms with Gasteiger partial charge in [-0.1, -0.05) is 24.3 Å². The molecule has 0 saturated carbocycles. The topological polar surface area (TPSA) is 50.4 Å². The molecule has 2 aliphatic heterocycles. The lowest BCUT2D eigenvalue weighted by Crippen LogP contribution is -2.34. The Labute approximate surface area is 154 Å². The fourth-order valence-corrected chi connectivity index (χ4v) is 3.60. The first-order chi connectivity index (χ1) is 12.9. The number of benzene rings is 2. The van der Waals surface area contributed by atoms with E-state index in [-0.39, 0.29) is 24.7 Å². The zero-order valence-corrected chi connectivity index (χ0v) is 14.4. The second-order valence-electron chi connectivity index (χ2n) is 6.93. The number of morpholine rings is 1. The van der Waals surface area contributed by atoms with E-state index in [1.54, 1.807) is 12.1 Å². The third-order valence-electron chi connectivity index (χ3n) is 5.06. The van der Waals surface area contributed by atoms with Gasteiger partial charge in [0.25, 0.3) is 5.91 Å². The van der Waals surface area contributed by atoms with Crippen LogP contribution >= 0.6 is 0 Å². The molecule has 2 saturated heterocycles. The van der Waals surface area contributed by atoms with Crippen molar-refractivity contribution in [1.29, 1.82) is 0 Å². The van der Waals surface area contributed by atoms with Crippen LogP contribution < -0.4 is 10.6 Å². The smallest absolute Gasteiger partial charge is 0.367 e. The predicted octanol–water partition coefficient (Wildman–Crippen LogP) is 3.44. The summed E-state index contributed by atoms with van der Waals surface area (Å²) in [7, 11) is 0. The van der Waals surface area contributed by atoms with Crippen LogP contribution in [0.3, 0.4) is 0 Å². The van der Waals surface area contributed by atoms with Crippen LogP contribution in [0.1, 0.15) is 39.6 Å². The Morgan fingerprint density at radius 3 is 2.37 bits per heavy atom. The van der Waals surface area contributed by atoms with Crippen LogP contribution in [0.25, 0.3) is 0 Å². The molecule has 2 heterocycles. The van der Waals surface area contributed by atoms with Gasteiger partial charge in [-0.2, -0.15) is 13.2 Å². The Hall–Kier alpha value is -2.38. The number of hydrogen-bond donors (Lipinski definition) is 2. The number of rotatable bonds is 4. The molecule has 0 spiro atoms. The summed E-state index contributed by atoms with van der Waals surface area (Å²) in [6.07, 6.45) is -3.05. The predicted molar refractivity (Wildman–Crippen MR) is 93.1 cm³/mol. The molecule has 4 nitrogen and oxygen atoms in total. The molecule has 2 fully saturated rings. The molecular weight excluding hydrogens is 357 g/mol. The van der Waals surface area contributed by atoms with Gasteiger partial charge in [-0.05, 0) is 41.8 Å². The maximum absolute atomic E-state index is 12.6. The molecule has 0 aliphatic carbocycles. The first-order valence-electron chi connectivity index (χ1n) is 8.83. The maximum atomic E-state index is 12.6. The summed E-state index contributed by atoms with van der Waals surface area (Å²) in [5, 5.41) is 6.14. The highest BCUT2D eigenvalue weighted by Gasteiger charge is 2.41. The van der Waals surface area contributed by atoms with Crippen molar-refractivity contribution in [3.63, 3.8) is 0 Å². The van der Waals surface area contributed by atoms with Gasteiger partial charge in [-0.15, -0.1) is 0 Å². The molecule has 2 N–H and O–H groups in total. The van der Waals surface area contributed by atoms with Crippen molar-refractivity contribution < 1.29 is 22.7 Å². The number of carbonyl (C=O) groups is 1. The molecule has 7 heteroatoms. The lowest BCUT2D eigenvalue weighted by atomic mass is 10.0. The number of alkyl halides is 3. The SMILES string of the molecule is O=C(NCc1ccc(C(F)(F)F)cc1)c1ccc([C@H]2O[C@@H]3CN[C@H]2C3)cc1. The van der Waals surface area contributed by atoms with Crippen molar-refractivity contribution in [2.45, 2.75) is 37.4 Å². The second kappa shape index (κ2) is 6.98. The van der Waals surface area contributed by atoms with Crippen LogP contribution in [0.5, 0.6) is 0 Å². The van der Waals surface area contributed by atoms with E-state index in [4.69, 9.17) is 4.74 Å². The van der Waals surface area contributed by atoms with Gasteiger partial charge in [0.05, 0.1) is 17.8 Å². The summed E-state index contributed by atoms with van der Waals surface area (Å²) in [6.45, 7) is 1.06. The molecule has 2 aliphatic rings. The van der Waals surface area contributed by atoms with Gasteiger partial charge in [-0.3, -0.25) is 4.79 Å². The number of halogens is 3. The average molecular weight is 376 g/mol. The Bertz CT molecular complexity index is 819. The highest BCUT2D eigenvalue weighted by molar-refractivity contribution is 5.94. The molecule has 0 aromatic heterocycles. The van der Waals surface area contributed by atoms with Gasteiger partial charge < -0.3 is 15.4 Å². The zero-order chi connectivity index (χ0) is 19.0. The summed E-state index contributed by atoms with van der Waals surface area (Å²) in [5.41, 5.74) is 1.44. The number of hydrogen-bond acceptors (Lipinski definition) is 3. The summed E-state index contributed by atoms with van der Waals surface area (Å²) in [6, 6.07) is 12.4. The van der Waals surface area contributed by atoms with Gasteiger partial charge in [-0.25, -0.2) is 0 Å². The fourth-order valence-electron chi connectivity index (χ4n) is 3.60. The van der Waals surface area contributed by atoms with Crippen LogP contribution in [0.2, 0.25) is 0 Å². The molecule has 4 rings (SSSR count). The standard InChI is InChI=1S/C20H19F3N2O2/c21-20(22,23)15-7-1-12(2-8-15)10-25-19(26)14-5-3-13(4-6-14)18-17-9-16(27-18)11-24-17/h1-8,16-18,24H,9-11H2,(H,25,26)/t16-,17-,18+/m0/s1. The lowest BCUT2D eigenvalue weighted by Gasteiger charge is -2.23. The van der Waals surface area contributed by atoms with Gasteiger partial charge >= 0.3 is 6.18 Å². The van der Waals surface area contributed by atoms with Crippen molar-refractivity contribution >= 4 is 5.91 Å². The molecule has 2 bridgehead atoms. The number of nitrogens with one attached hydrogen (secondary N) is 2. The van der Waals surface area contributed by atoms with Crippen molar-refractivity contribution in [3.05, 3.63) is 70.8 Å². The summed E-state index contributed by atoms with van der Waals surface area (Å²) in [4.78, 5) is 12.3. The minimum atomic E-state index is -4.36. The van der Waals surface area contributed by atoms with Crippen LogP contribution in [0, 0.1) is 0 Å². The lowest BCUT2D eigenvalue weighted by molar-refractivity contribution is -0.137. The van der Waals surface area contributed by atoms with E-state index in [1.165, 1.54) is 12.1 Å². The highest BCUT2D eigenvalue weighted by Crippen LogP contribution is 2.36. The third-order valence-corrected chi connectivity index (χ3v) is 5.06. The molecule has 0 radical (unpaired) electrons. The van der Waals surface area contributed by atoms with Crippen LogP contribution in [0.15, 0.2) is 48.5 Å². The quantitative estimate of drug-likeness (QED) is 0.860.